The Morgan fingerprint density at radius 3 is 2.24 bits per heavy atom. The summed E-state index contributed by atoms with van der Waals surface area (Å²) in [7, 11) is 0. The van der Waals surface area contributed by atoms with Gasteiger partial charge in [-0.25, -0.2) is 4.98 Å². The van der Waals surface area contributed by atoms with Crippen molar-refractivity contribution in [2.45, 2.75) is 13.3 Å². The number of pyridine rings is 1. The zero-order valence-corrected chi connectivity index (χ0v) is 15.6. The first-order valence-electron chi connectivity index (χ1n) is 8.23. The molecule has 1 aromatic heterocycles. The van der Waals surface area contributed by atoms with E-state index in [4.69, 9.17) is 0 Å². The average molecular weight is 395 g/mol. The summed E-state index contributed by atoms with van der Waals surface area (Å²) >= 11 is 3.37. The molecule has 126 valence electrons. The second-order valence-corrected chi connectivity index (χ2v) is 6.63. The molecule has 0 spiro atoms. The molecule has 0 bridgehead atoms. The molecule has 1 heterocycles. The standard InChI is InChI=1S/C21H19BrN2O/c1-2-24(20-13-12-19(22)15-23-20)21(25)14-16-8-10-18(11-9-16)17-6-4-3-5-7-17/h3-13,15H,2,14H2,1H3. The molecule has 0 radical (unpaired) electrons. The Morgan fingerprint density at radius 2 is 1.64 bits per heavy atom. The minimum absolute atomic E-state index is 0.0461. The number of nitrogens with zero attached hydrogens (tertiary/aromatic N) is 2. The highest BCUT2D eigenvalue weighted by Crippen LogP contribution is 2.20. The Morgan fingerprint density at radius 1 is 0.960 bits per heavy atom. The van der Waals surface area contributed by atoms with E-state index in [0.717, 1.165) is 15.6 Å². The number of carbonyl (C=O) groups is 1. The molecular weight excluding hydrogens is 376 g/mol. The maximum Gasteiger partial charge on any atom is 0.232 e. The monoisotopic (exact) mass is 394 g/mol. The molecule has 3 nitrogen and oxygen atoms in total. The van der Waals surface area contributed by atoms with Gasteiger partial charge in [0.05, 0.1) is 6.42 Å². The van der Waals surface area contributed by atoms with Gasteiger partial charge < -0.3 is 0 Å². The maximum atomic E-state index is 12.7. The van der Waals surface area contributed by atoms with Crippen LogP contribution in [-0.2, 0) is 11.2 Å². The van der Waals surface area contributed by atoms with E-state index in [0.29, 0.717) is 18.8 Å². The van der Waals surface area contributed by atoms with Crippen molar-refractivity contribution in [3.05, 3.63) is 83.0 Å². The summed E-state index contributed by atoms with van der Waals surface area (Å²) in [5.74, 6) is 0.724. The van der Waals surface area contributed by atoms with Crippen molar-refractivity contribution in [1.29, 1.82) is 0 Å². The molecule has 0 N–H and O–H groups in total. The van der Waals surface area contributed by atoms with Crippen LogP contribution in [0.4, 0.5) is 5.82 Å². The third kappa shape index (κ3) is 4.34. The lowest BCUT2D eigenvalue weighted by Gasteiger charge is -2.20. The molecule has 0 unspecified atom stereocenters. The topological polar surface area (TPSA) is 33.2 Å². The van der Waals surface area contributed by atoms with Crippen LogP contribution in [0.5, 0.6) is 0 Å². The van der Waals surface area contributed by atoms with Gasteiger partial charge in [-0.1, -0.05) is 54.6 Å². The normalized spacial score (nSPS) is 10.5. The Hall–Kier alpha value is -2.46. The number of benzene rings is 2. The van der Waals surface area contributed by atoms with Gasteiger partial charge >= 0.3 is 0 Å². The highest BCUT2D eigenvalue weighted by atomic mass is 79.9. The summed E-state index contributed by atoms with van der Waals surface area (Å²) in [4.78, 5) is 18.7. The first-order valence-corrected chi connectivity index (χ1v) is 9.03. The Bertz CT molecular complexity index is 830. The molecule has 3 aromatic rings. The third-order valence-corrected chi connectivity index (χ3v) is 4.49. The van der Waals surface area contributed by atoms with Crippen LogP contribution in [-0.4, -0.2) is 17.4 Å². The fraction of sp³-hybridized carbons (Fsp3) is 0.143. The molecule has 3 rings (SSSR count). The van der Waals surface area contributed by atoms with Gasteiger partial charge in [0.2, 0.25) is 5.91 Å². The van der Waals surface area contributed by atoms with Crippen LogP contribution >= 0.6 is 15.9 Å². The maximum absolute atomic E-state index is 12.7. The SMILES string of the molecule is CCN(C(=O)Cc1ccc(-c2ccccc2)cc1)c1ccc(Br)cn1. The summed E-state index contributed by atoms with van der Waals surface area (Å²) in [6, 6.07) is 22.1. The molecule has 25 heavy (non-hydrogen) atoms. The first kappa shape index (κ1) is 17.4. The largest absolute Gasteiger partial charge is 0.297 e. The van der Waals surface area contributed by atoms with Crippen LogP contribution in [0.1, 0.15) is 12.5 Å². The van der Waals surface area contributed by atoms with Crippen molar-refractivity contribution >= 4 is 27.7 Å². The molecule has 0 atom stereocenters. The highest BCUT2D eigenvalue weighted by molar-refractivity contribution is 9.10. The number of carbonyl (C=O) groups excluding carboxylic acids is 1. The van der Waals surface area contributed by atoms with Crippen LogP contribution in [0.25, 0.3) is 11.1 Å². The number of likely N-dealkylation sites (N-methyl/N-ethyl adjacent to an activating group) is 1. The van der Waals surface area contributed by atoms with Crippen molar-refractivity contribution in [2.24, 2.45) is 0 Å². The van der Waals surface area contributed by atoms with Gasteiger partial charge in [0.25, 0.3) is 0 Å². The molecule has 2 aromatic carbocycles. The summed E-state index contributed by atoms with van der Waals surface area (Å²) < 4.78 is 0.899. The van der Waals surface area contributed by atoms with Gasteiger partial charge in [-0.05, 0) is 51.7 Å². The van der Waals surface area contributed by atoms with E-state index >= 15 is 0 Å². The number of hydrogen-bond acceptors (Lipinski definition) is 2. The van der Waals surface area contributed by atoms with Crippen LogP contribution < -0.4 is 4.90 Å². The molecule has 0 aliphatic carbocycles. The van der Waals surface area contributed by atoms with Gasteiger partial charge in [-0.2, -0.15) is 0 Å². The molecule has 0 aliphatic heterocycles. The number of rotatable bonds is 5. The molecule has 0 saturated carbocycles. The number of aromatic nitrogens is 1. The minimum Gasteiger partial charge on any atom is -0.297 e. The molecule has 0 saturated heterocycles. The lowest BCUT2D eigenvalue weighted by molar-refractivity contribution is -0.118. The van der Waals surface area contributed by atoms with E-state index in [-0.39, 0.29) is 5.91 Å². The van der Waals surface area contributed by atoms with Crippen molar-refractivity contribution in [3.63, 3.8) is 0 Å². The smallest absolute Gasteiger partial charge is 0.232 e. The van der Waals surface area contributed by atoms with Crippen LogP contribution in [0.2, 0.25) is 0 Å². The van der Waals surface area contributed by atoms with E-state index in [2.05, 4.69) is 45.2 Å². The molecule has 1 amide bonds. The molecular formula is C21H19BrN2O. The minimum atomic E-state index is 0.0461. The first-order chi connectivity index (χ1) is 12.2. The quantitative estimate of drug-likeness (QED) is 0.602. The van der Waals surface area contributed by atoms with Gasteiger partial charge in [-0.15, -0.1) is 0 Å². The van der Waals surface area contributed by atoms with Crippen LogP contribution in [0.3, 0.4) is 0 Å². The fourth-order valence-corrected chi connectivity index (χ4v) is 2.94. The van der Waals surface area contributed by atoms with E-state index in [1.807, 2.05) is 49.4 Å². The number of anilines is 1. The zero-order valence-electron chi connectivity index (χ0n) is 14.0. The molecule has 0 aliphatic rings. The van der Waals surface area contributed by atoms with Crippen molar-refractivity contribution < 1.29 is 4.79 Å². The van der Waals surface area contributed by atoms with Gasteiger partial charge in [0, 0.05) is 17.2 Å². The van der Waals surface area contributed by atoms with Crippen molar-refractivity contribution in [2.75, 3.05) is 11.4 Å². The van der Waals surface area contributed by atoms with Gasteiger partial charge in [-0.3, -0.25) is 9.69 Å². The van der Waals surface area contributed by atoms with E-state index in [1.54, 1.807) is 11.1 Å². The summed E-state index contributed by atoms with van der Waals surface area (Å²) in [6.07, 6.45) is 2.07. The highest BCUT2D eigenvalue weighted by Gasteiger charge is 2.15. The van der Waals surface area contributed by atoms with Crippen molar-refractivity contribution in [1.82, 2.24) is 4.98 Å². The van der Waals surface area contributed by atoms with E-state index in [9.17, 15) is 4.79 Å². The number of hydrogen-bond donors (Lipinski definition) is 0. The Balaban J connectivity index is 1.72. The Kier molecular flexibility index (Phi) is 5.61. The third-order valence-electron chi connectivity index (χ3n) is 4.02. The molecule has 4 heteroatoms. The zero-order chi connectivity index (χ0) is 17.6. The second kappa shape index (κ2) is 8.08. The van der Waals surface area contributed by atoms with Gasteiger partial charge in [0.1, 0.15) is 5.82 Å². The summed E-state index contributed by atoms with van der Waals surface area (Å²) in [5, 5.41) is 0. The predicted octanol–water partition coefficient (Wildman–Crippen LogP) is 5.11. The lowest BCUT2D eigenvalue weighted by Crippen LogP contribution is -2.32. The number of amides is 1. The van der Waals surface area contributed by atoms with Crippen LogP contribution in [0.15, 0.2) is 77.4 Å². The van der Waals surface area contributed by atoms with E-state index in [1.165, 1.54) is 5.56 Å². The summed E-state index contributed by atoms with van der Waals surface area (Å²) in [5.41, 5.74) is 3.33. The fourth-order valence-electron chi connectivity index (χ4n) is 2.71. The average Bonchev–Trinajstić information content (AvgIpc) is 2.65. The Labute approximate surface area is 156 Å². The summed E-state index contributed by atoms with van der Waals surface area (Å²) in [6.45, 7) is 2.55. The second-order valence-electron chi connectivity index (χ2n) is 5.71. The lowest BCUT2D eigenvalue weighted by atomic mass is 10.0. The number of halogens is 1. The predicted molar refractivity (Wildman–Crippen MR) is 106 cm³/mol. The van der Waals surface area contributed by atoms with Crippen molar-refractivity contribution in [3.8, 4) is 11.1 Å². The van der Waals surface area contributed by atoms with Gasteiger partial charge in [0.15, 0.2) is 0 Å². The molecule has 0 fully saturated rings. The van der Waals surface area contributed by atoms with Crippen LogP contribution in [0, 0.1) is 0 Å². The van der Waals surface area contributed by atoms with E-state index < -0.39 is 0 Å².